The molecule has 8 heteroatoms. The molecular weight excluding hydrogens is 403 g/mol. The van der Waals surface area contributed by atoms with Crippen LogP contribution in [0.5, 0.6) is 11.5 Å². The third-order valence-corrected chi connectivity index (χ3v) is 5.49. The Hall–Kier alpha value is -3.42. The summed E-state index contributed by atoms with van der Waals surface area (Å²) in [4.78, 5) is 41.3. The molecule has 2 aliphatic rings. The molecule has 0 saturated carbocycles. The number of rotatable bonds is 6. The van der Waals surface area contributed by atoms with E-state index in [2.05, 4.69) is 0 Å². The van der Waals surface area contributed by atoms with Gasteiger partial charge in [-0.05, 0) is 50.1 Å². The molecule has 7 nitrogen and oxygen atoms in total. The first-order valence-corrected chi connectivity index (χ1v) is 10.2. The molecular formula is C23H23FN2O5. The van der Waals surface area contributed by atoms with Crippen LogP contribution >= 0.6 is 0 Å². The standard InChI is InChI=1S/C23H23FN2O5/c1-15(23(29)25-9-2-3-10-25)26-19-11-16(7-8-21(19)31-14-22(26)28)20(27)13-30-18-6-4-5-17(24)12-18/h4-8,11-12,15H,2-3,9-10,13-14H2,1H3. The van der Waals surface area contributed by atoms with Crippen molar-refractivity contribution in [2.45, 2.75) is 25.8 Å². The van der Waals surface area contributed by atoms with Crippen molar-refractivity contribution in [2.75, 3.05) is 31.2 Å². The lowest BCUT2D eigenvalue weighted by atomic mass is 10.1. The van der Waals surface area contributed by atoms with Gasteiger partial charge in [0.05, 0.1) is 5.69 Å². The summed E-state index contributed by atoms with van der Waals surface area (Å²) in [6.07, 6.45) is 1.91. The number of halogens is 1. The fraction of sp³-hybridized carbons (Fsp3) is 0.348. The Bertz CT molecular complexity index is 1020. The minimum absolute atomic E-state index is 0.120. The van der Waals surface area contributed by atoms with Crippen molar-refractivity contribution in [1.82, 2.24) is 4.90 Å². The molecule has 1 saturated heterocycles. The number of nitrogens with zero attached hydrogens (tertiary/aromatic N) is 2. The molecule has 0 bridgehead atoms. The van der Waals surface area contributed by atoms with Crippen LogP contribution in [-0.4, -0.2) is 54.8 Å². The Labute approximate surface area is 179 Å². The van der Waals surface area contributed by atoms with Crippen molar-refractivity contribution in [3.63, 3.8) is 0 Å². The molecule has 0 spiro atoms. The van der Waals surface area contributed by atoms with E-state index < -0.39 is 11.9 Å². The first kappa shape index (κ1) is 20.8. The van der Waals surface area contributed by atoms with Gasteiger partial charge in [-0.1, -0.05) is 6.07 Å². The van der Waals surface area contributed by atoms with E-state index in [-0.39, 0.29) is 36.6 Å². The summed E-state index contributed by atoms with van der Waals surface area (Å²) in [5, 5.41) is 0. The van der Waals surface area contributed by atoms with E-state index in [0.29, 0.717) is 30.1 Å². The molecule has 1 fully saturated rings. The van der Waals surface area contributed by atoms with Gasteiger partial charge in [0.1, 0.15) is 23.4 Å². The average Bonchev–Trinajstić information content (AvgIpc) is 3.31. The first-order chi connectivity index (χ1) is 14.9. The third-order valence-electron chi connectivity index (χ3n) is 5.49. The van der Waals surface area contributed by atoms with Crippen molar-refractivity contribution in [3.05, 3.63) is 53.8 Å². The molecule has 4 rings (SSSR count). The van der Waals surface area contributed by atoms with Gasteiger partial charge in [0.25, 0.3) is 5.91 Å². The van der Waals surface area contributed by atoms with Crippen LogP contribution in [0.25, 0.3) is 0 Å². The van der Waals surface area contributed by atoms with Crippen LogP contribution in [0.2, 0.25) is 0 Å². The number of benzene rings is 2. The normalized spacial score (nSPS) is 16.5. The Morgan fingerprint density at radius 3 is 2.68 bits per heavy atom. The number of hydrogen-bond acceptors (Lipinski definition) is 5. The Balaban J connectivity index is 1.54. The highest BCUT2D eigenvalue weighted by Gasteiger charge is 2.36. The van der Waals surface area contributed by atoms with Gasteiger partial charge in [-0.3, -0.25) is 19.3 Å². The van der Waals surface area contributed by atoms with Crippen molar-refractivity contribution in [2.24, 2.45) is 0 Å². The third kappa shape index (κ3) is 4.38. The van der Waals surface area contributed by atoms with Crippen LogP contribution in [0.15, 0.2) is 42.5 Å². The van der Waals surface area contributed by atoms with E-state index >= 15 is 0 Å². The second kappa shape index (κ2) is 8.75. The van der Waals surface area contributed by atoms with Gasteiger partial charge in [-0.25, -0.2) is 4.39 Å². The maximum atomic E-state index is 13.3. The molecule has 1 unspecified atom stereocenters. The molecule has 2 heterocycles. The summed E-state index contributed by atoms with van der Waals surface area (Å²) < 4.78 is 24.2. The lowest BCUT2D eigenvalue weighted by molar-refractivity contribution is -0.133. The Morgan fingerprint density at radius 2 is 1.94 bits per heavy atom. The summed E-state index contributed by atoms with van der Waals surface area (Å²) >= 11 is 0. The largest absolute Gasteiger partial charge is 0.485 e. The van der Waals surface area contributed by atoms with Crippen LogP contribution in [0.3, 0.4) is 0 Å². The van der Waals surface area contributed by atoms with Crippen molar-refractivity contribution >= 4 is 23.3 Å². The number of carbonyl (C=O) groups is 3. The smallest absolute Gasteiger partial charge is 0.265 e. The van der Waals surface area contributed by atoms with Gasteiger partial charge < -0.3 is 14.4 Å². The van der Waals surface area contributed by atoms with E-state index in [1.807, 2.05) is 0 Å². The molecule has 0 aliphatic carbocycles. The number of fused-ring (bicyclic) bond motifs is 1. The summed E-state index contributed by atoms with van der Waals surface area (Å²) in [6.45, 7) is 2.60. The molecule has 1 atom stereocenters. The summed E-state index contributed by atoms with van der Waals surface area (Å²) in [6, 6.07) is 9.55. The molecule has 2 amide bonds. The minimum atomic E-state index is -0.706. The maximum absolute atomic E-state index is 13.3. The Morgan fingerprint density at radius 1 is 1.16 bits per heavy atom. The SMILES string of the molecule is CC(C(=O)N1CCCC1)N1C(=O)COc2ccc(C(=O)COc3cccc(F)c3)cc21. The number of amides is 2. The topological polar surface area (TPSA) is 76.2 Å². The number of likely N-dealkylation sites (tertiary alicyclic amines) is 1. The minimum Gasteiger partial charge on any atom is -0.485 e. The number of ketones is 1. The summed E-state index contributed by atoms with van der Waals surface area (Å²) in [5.74, 6) is -0.581. The van der Waals surface area contributed by atoms with E-state index in [1.54, 1.807) is 30.0 Å². The van der Waals surface area contributed by atoms with E-state index in [4.69, 9.17) is 9.47 Å². The van der Waals surface area contributed by atoms with Gasteiger partial charge in [0.15, 0.2) is 19.0 Å². The zero-order chi connectivity index (χ0) is 22.0. The molecule has 31 heavy (non-hydrogen) atoms. The number of carbonyl (C=O) groups excluding carboxylic acids is 3. The maximum Gasteiger partial charge on any atom is 0.265 e. The molecule has 2 aromatic carbocycles. The van der Waals surface area contributed by atoms with Crippen LogP contribution in [0.1, 0.15) is 30.1 Å². The second-order valence-electron chi connectivity index (χ2n) is 7.61. The first-order valence-electron chi connectivity index (χ1n) is 10.2. The van der Waals surface area contributed by atoms with Gasteiger partial charge >= 0.3 is 0 Å². The predicted octanol–water partition coefficient (Wildman–Crippen LogP) is 2.82. The number of Topliss-reactive ketones (excluding diaryl/α,β-unsaturated/α-hetero) is 1. The molecule has 0 aromatic heterocycles. The number of anilines is 1. The highest BCUT2D eigenvalue weighted by Crippen LogP contribution is 2.35. The van der Waals surface area contributed by atoms with E-state index in [0.717, 1.165) is 12.8 Å². The highest BCUT2D eigenvalue weighted by molar-refractivity contribution is 6.05. The lowest BCUT2D eigenvalue weighted by Crippen LogP contribution is -2.52. The summed E-state index contributed by atoms with van der Waals surface area (Å²) in [5.41, 5.74) is 0.687. The second-order valence-corrected chi connectivity index (χ2v) is 7.61. The highest BCUT2D eigenvalue weighted by atomic mass is 19.1. The fourth-order valence-corrected chi connectivity index (χ4v) is 3.87. The Kier molecular flexibility index (Phi) is 5.88. The van der Waals surface area contributed by atoms with Crippen molar-refractivity contribution in [3.8, 4) is 11.5 Å². The quantitative estimate of drug-likeness (QED) is 0.664. The van der Waals surface area contributed by atoms with E-state index in [9.17, 15) is 18.8 Å². The van der Waals surface area contributed by atoms with Crippen LogP contribution in [0.4, 0.5) is 10.1 Å². The van der Waals surface area contributed by atoms with Crippen LogP contribution in [0, 0.1) is 5.82 Å². The van der Waals surface area contributed by atoms with Crippen LogP contribution < -0.4 is 14.4 Å². The predicted molar refractivity (Wildman–Crippen MR) is 111 cm³/mol. The van der Waals surface area contributed by atoms with Gasteiger partial charge in [-0.2, -0.15) is 0 Å². The fourth-order valence-electron chi connectivity index (χ4n) is 3.87. The van der Waals surface area contributed by atoms with Gasteiger partial charge in [0.2, 0.25) is 5.91 Å². The van der Waals surface area contributed by atoms with Crippen molar-refractivity contribution in [1.29, 1.82) is 0 Å². The molecule has 2 aromatic rings. The molecule has 162 valence electrons. The van der Waals surface area contributed by atoms with Gasteiger partial charge in [-0.15, -0.1) is 0 Å². The number of ether oxygens (including phenoxy) is 2. The molecule has 2 aliphatic heterocycles. The lowest BCUT2D eigenvalue weighted by Gasteiger charge is -2.35. The average molecular weight is 426 g/mol. The monoisotopic (exact) mass is 426 g/mol. The molecule has 0 radical (unpaired) electrons. The van der Waals surface area contributed by atoms with Crippen LogP contribution in [-0.2, 0) is 9.59 Å². The van der Waals surface area contributed by atoms with Crippen molar-refractivity contribution < 1.29 is 28.2 Å². The zero-order valence-corrected chi connectivity index (χ0v) is 17.2. The van der Waals surface area contributed by atoms with E-state index in [1.165, 1.54) is 29.2 Å². The zero-order valence-electron chi connectivity index (χ0n) is 17.2. The number of hydrogen-bond donors (Lipinski definition) is 0. The summed E-state index contributed by atoms with van der Waals surface area (Å²) in [7, 11) is 0. The molecule has 0 N–H and O–H groups in total. The van der Waals surface area contributed by atoms with Gasteiger partial charge in [0, 0.05) is 24.7 Å².